The van der Waals surface area contributed by atoms with Gasteiger partial charge >= 0.3 is 0 Å². The Kier molecular flexibility index (Phi) is 5.19. The second-order valence-corrected chi connectivity index (χ2v) is 7.87. The summed E-state index contributed by atoms with van der Waals surface area (Å²) < 4.78 is 63.8. The van der Waals surface area contributed by atoms with Gasteiger partial charge in [0.1, 0.15) is 9.79 Å². The number of nitro groups is 1. The van der Waals surface area contributed by atoms with Gasteiger partial charge in [-0.15, -0.1) is 0 Å². The number of non-ortho nitro benzene ring substituents is 1. The molecule has 12 nitrogen and oxygen atoms in total. The van der Waals surface area contributed by atoms with Gasteiger partial charge in [0.15, 0.2) is 0 Å². The van der Waals surface area contributed by atoms with Crippen molar-refractivity contribution in [2.24, 2.45) is 0 Å². The fourth-order valence-corrected chi connectivity index (χ4v) is 3.43. The lowest BCUT2D eigenvalue weighted by Crippen LogP contribution is -2.15. The normalized spacial score (nSPS) is 11.8. The lowest BCUT2D eigenvalue weighted by Gasteiger charge is -2.12. The minimum absolute atomic E-state index is 0.0702. The van der Waals surface area contributed by atoms with Gasteiger partial charge in [-0.05, 0) is 24.3 Å². The van der Waals surface area contributed by atoms with Crippen molar-refractivity contribution in [1.82, 2.24) is 0 Å². The molecule has 14 heteroatoms. The summed E-state index contributed by atoms with van der Waals surface area (Å²) in [5, 5.41) is 12.7. The van der Waals surface area contributed by atoms with E-state index in [1.54, 1.807) is 0 Å². The molecule has 0 fully saturated rings. The van der Waals surface area contributed by atoms with Crippen LogP contribution in [0.3, 0.4) is 0 Å². The summed E-state index contributed by atoms with van der Waals surface area (Å²) in [6.45, 7) is 0. The van der Waals surface area contributed by atoms with Gasteiger partial charge in [-0.2, -0.15) is 16.8 Å². The molecular weight excluding hydrogens is 406 g/mol. The number of nitrogen functional groups attached to an aromatic ring is 1. The molecule has 0 spiro atoms. The SMILES string of the molecule is Nc1c(S(=O)(=O)O)cc(NC(=O)c2ccc([N+](=O)[O-])cc2)cc1S(=O)(=O)O. The highest BCUT2D eigenvalue weighted by molar-refractivity contribution is 7.87. The number of hydrogen-bond donors (Lipinski definition) is 4. The molecule has 0 aliphatic heterocycles. The van der Waals surface area contributed by atoms with E-state index in [-0.39, 0.29) is 11.3 Å². The summed E-state index contributed by atoms with van der Waals surface area (Å²) in [5.74, 6) is -0.878. The number of hydrogen-bond acceptors (Lipinski definition) is 8. The molecule has 2 rings (SSSR count). The molecule has 5 N–H and O–H groups in total. The maximum atomic E-state index is 12.2. The van der Waals surface area contributed by atoms with Crippen LogP contribution in [0.15, 0.2) is 46.2 Å². The molecular formula is C13H11N3O9S2. The molecule has 0 aliphatic rings. The van der Waals surface area contributed by atoms with E-state index in [0.717, 1.165) is 24.3 Å². The van der Waals surface area contributed by atoms with Crippen molar-refractivity contribution in [2.45, 2.75) is 9.79 Å². The smallest absolute Gasteiger partial charge is 0.296 e. The van der Waals surface area contributed by atoms with Crippen molar-refractivity contribution in [1.29, 1.82) is 0 Å². The predicted octanol–water partition coefficient (Wildman–Crippen LogP) is 0.923. The molecule has 0 saturated heterocycles. The molecule has 0 heterocycles. The molecule has 1 amide bonds. The van der Waals surface area contributed by atoms with E-state index in [1.165, 1.54) is 0 Å². The molecule has 0 aliphatic carbocycles. The Bertz CT molecular complexity index is 1090. The van der Waals surface area contributed by atoms with Crippen LogP contribution in [0.1, 0.15) is 10.4 Å². The first-order valence-electron chi connectivity index (χ1n) is 6.75. The standard InChI is InChI=1S/C13H11N3O9S2/c14-12-10(26(20,21)22)5-8(6-11(12)27(23,24)25)15-13(17)7-1-3-9(4-2-7)16(18)19/h1-6H,14H2,(H,15,17)(H,20,21,22)(H,23,24,25). The van der Waals surface area contributed by atoms with Crippen molar-refractivity contribution in [2.75, 3.05) is 11.1 Å². The summed E-state index contributed by atoms with van der Waals surface area (Å²) in [7, 11) is -9.96. The molecule has 27 heavy (non-hydrogen) atoms. The first-order valence-corrected chi connectivity index (χ1v) is 9.63. The Balaban J connectivity index is 2.49. The second kappa shape index (κ2) is 6.92. The van der Waals surface area contributed by atoms with Crippen LogP contribution in [0.4, 0.5) is 17.1 Å². The van der Waals surface area contributed by atoms with Crippen LogP contribution >= 0.6 is 0 Å². The molecule has 2 aromatic carbocycles. The molecule has 0 saturated carbocycles. The molecule has 144 valence electrons. The van der Waals surface area contributed by atoms with Gasteiger partial charge in [0.05, 0.1) is 10.6 Å². The van der Waals surface area contributed by atoms with Crippen LogP contribution < -0.4 is 11.1 Å². The molecule has 2 aromatic rings. The topological polar surface area (TPSA) is 207 Å². The van der Waals surface area contributed by atoms with Crippen molar-refractivity contribution >= 4 is 43.2 Å². The van der Waals surface area contributed by atoms with Gasteiger partial charge in [-0.3, -0.25) is 24.0 Å². The van der Waals surface area contributed by atoms with Crippen LogP contribution in [0.25, 0.3) is 0 Å². The third-order valence-electron chi connectivity index (χ3n) is 3.26. The average molecular weight is 417 g/mol. The van der Waals surface area contributed by atoms with Gasteiger partial charge in [-0.25, -0.2) is 0 Å². The largest absolute Gasteiger partial charge is 0.396 e. The predicted molar refractivity (Wildman–Crippen MR) is 91.5 cm³/mol. The fourth-order valence-electron chi connectivity index (χ4n) is 2.04. The van der Waals surface area contributed by atoms with Crippen LogP contribution in [0.2, 0.25) is 0 Å². The lowest BCUT2D eigenvalue weighted by molar-refractivity contribution is -0.384. The summed E-state index contributed by atoms with van der Waals surface area (Å²) in [6.07, 6.45) is 0. The lowest BCUT2D eigenvalue weighted by atomic mass is 10.2. The highest BCUT2D eigenvalue weighted by Gasteiger charge is 2.25. The Morgan fingerprint density at radius 3 is 1.81 bits per heavy atom. The Labute approximate surface area is 152 Å². The Morgan fingerprint density at radius 1 is 1.00 bits per heavy atom. The Hall–Kier alpha value is -3.07. The van der Waals surface area contributed by atoms with Crippen LogP contribution in [-0.4, -0.2) is 36.8 Å². The highest BCUT2D eigenvalue weighted by Crippen LogP contribution is 2.30. The maximum absolute atomic E-state index is 12.2. The third-order valence-corrected chi connectivity index (χ3v) is 5.05. The first kappa shape index (κ1) is 20.2. The van der Waals surface area contributed by atoms with E-state index in [4.69, 9.17) is 14.8 Å². The summed E-state index contributed by atoms with van der Waals surface area (Å²) in [5.41, 5.74) is 3.65. The van der Waals surface area contributed by atoms with Crippen LogP contribution in [-0.2, 0) is 20.2 Å². The van der Waals surface area contributed by atoms with E-state index in [2.05, 4.69) is 5.32 Å². The Morgan fingerprint density at radius 2 is 1.44 bits per heavy atom. The number of rotatable bonds is 5. The van der Waals surface area contributed by atoms with Gasteiger partial charge in [0.25, 0.3) is 31.8 Å². The zero-order valence-corrected chi connectivity index (χ0v) is 14.7. The summed E-state index contributed by atoms with van der Waals surface area (Å²) in [4.78, 5) is 20.0. The molecule has 0 unspecified atom stereocenters. The van der Waals surface area contributed by atoms with Crippen molar-refractivity contribution in [3.63, 3.8) is 0 Å². The van der Waals surface area contributed by atoms with Crippen LogP contribution in [0.5, 0.6) is 0 Å². The molecule has 0 aromatic heterocycles. The number of anilines is 2. The number of nitro benzene ring substituents is 1. The second-order valence-electron chi connectivity index (χ2n) is 5.09. The van der Waals surface area contributed by atoms with Crippen LogP contribution in [0, 0.1) is 10.1 Å². The zero-order chi connectivity index (χ0) is 20.6. The highest BCUT2D eigenvalue weighted by atomic mass is 32.2. The average Bonchev–Trinajstić information content (AvgIpc) is 2.54. The molecule has 0 atom stereocenters. The number of amides is 1. The van der Waals surface area contributed by atoms with Crippen molar-refractivity contribution in [3.8, 4) is 0 Å². The van der Waals surface area contributed by atoms with Gasteiger partial charge in [0, 0.05) is 23.4 Å². The van der Waals surface area contributed by atoms with Gasteiger partial charge < -0.3 is 11.1 Å². The monoisotopic (exact) mass is 417 g/mol. The van der Waals surface area contributed by atoms with E-state index in [1.807, 2.05) is 0 Å². The molecule has 0 radical (unpaired) electrons. The zero-order valence-electron chi connectivity index (χ0n) is 13.1. The van der Waals surface area contributed by atoms with Crippen molar-refractivity contribution in [3.05, 3.63) is 52.1 Å². The van der Waals surface area contributed by atoms with E-state index < -0.39 is 52.2 Å². The van der Waals surface area contributed by atoms with E-state index in [9.17, 15) is 31.7 Å². The minimum Gasteiger partial charge on any atom is -0.396 e. The number of benzene rings is 2. The van der Waals surface area contributed by atoms with Gasteiger partial charge in [0.2, 0.25) is 0 Å². The number of carbonyl (C=O) groups excluding carboxylic acids is 1. The quantitative estimate of drug-likeness (QED) is 0.234. The van der Waals surface area contributed by atoms with E-state index in [0.29, 0.717) is 12.1 Å². The summed E-state index contributed by atoms with van der Waals surface area (Å²) in [6, 6.07) is 5.68. The van der Waals surface area contributed by atoms with Crippen molar-refractivity contribution < 1.29 is 35.7 Å². The fraction of sp³-hybridized carbons (Fsp3) is 0. The summed E-state index contributed by atoms with van der Waals surface area (Å²) >= 11 is 0. The van der Waals surface area contributed by atoms with E-state index >= 15 is 0 Å². The molecule has 0 bridgehead atoms. The number of nitrogens with zero attached hydrogens (tertiary/aromatic N) is 1. The van der Waals surface area contributed by atoms with Gasteiger partial charge in [-0.1, -0.05) is 0 Å². The third kappa shape index (κ3) is 4.56. The maximum Gasteiger partial charge on any atom is 0.296 e. The first-order chi connectivity index (χ1) is 12.3. The minimum atomic E-state index is -4.98. The number of nitrogens with two attached hydrogens (primary N) is 1. The number of carbonyl (C=O) groups is 1. The number of nitrogens with one attached hydrogen (secondary N) is 1.